The quantitative estimate of drug-likeness (QED) is 0.537. The Bertz CT molecular complexity index is 43.7. The maximum absolute atomic E-state index is 5.31. The predicted octanol–water partition coefficient (Wildman–Crippen LogP) is -0.248. The minimum Gasteiger partial charge on any atom is -0.329 e. The van der Waals surface area contributed by atoms with Gasteiger partial charge in [0.1, 0.15) is 0 Å². The first-order valence-corrected chi connectivity index (χ1v) is 3.71. The van der Waals surface area contributed by atoms with Crippen LogP contribution in [-0.2, 0) is 0 Å². The second-order valence-electron chi connectivity index (χ2n) is 1.88. The molecular weight excluding hydrogens is 119 g/mol. The summed E-state index contributed by atoms with van der Waals surface area (Å²) in [4.78, 5) is 2.22. The van der Waals surface area contributed by atoms with Crippen LogP contribution in [0, 0.1) is 0 Å². The molecule has 0 aromatic carbocycles. The largest absolute Gasteiger partial charge is 0.329 e. The number of hydrogen-bond donors (Lipinski definition) is 1. The molecule has 2 nitrogen and oxygen atoms in total. The molecule has 8 heavy (non-hydrogen) atoms. The van der Waals surface area contributed by atoms with Gasteiger partial charge in [0.2, 0.25) is 0 Å². The van der Waals surface area contributed by atoms with Gasteiger partial charge in [0.05, 0.1) is 0 Å². The van der Waals surface area contributed by atoms with Crippen LogP contribution in [0.25, 0.3) is 0 Å². The van der Waals surface area contributed by atoms with Crippen molar-refractivity contribution in [2.24, 2.45) is 5.73 Å². The Labute approximate surface area is 53.6 Å². The second kappa shape index (κ2) is 5.49. The summed E-state index contributed by atoms with van der Waals surface area (Å²) >= 11 is 0. The zero-order valence-electron chi connectivity index (χ0n) is 5.43. The van der Waals surface area contributed by atoms with Crippen LogP contribution in [0.1, 0.15) is 0 Å². The van der Waals surface area contributed by atoms with Crippen LogP contribution < -0.4 is 5.73 Å². The molecule has 0 fully saturated rings. The standard InChI is InChI=1S/C5H15N2P/c1-7(3-2-6)4-5-8/h2-6,8H2,1H3. The van der Waals surface area contributed by atoms with Gasteiger partial charge in [-0.05, 0) is 13.2 Å². The molecule has 0 saturated carbocycles. The van der Waals surface area contributed by atoms with Gasteiger partial charge in [-0.25, -0.2) is 0 Å². The monoisotopic (exact) mass is 134 g/mol. The van der Waals surface area contributed by atoms with Gasteiger partial charge >= 0.3 is 0 Å². The Morgan fingerprint density at radius 3 is 2.50 bits per heavy atom. The van der Waals surface area contributed by atoms with Gasteiger partial charge in [-0.15, -0.1) is 9.24 Å². The van der Waals surface area contributed by atoms with E-state index in [1.165, 1.54) is 0 Å². The molecule has 3 heteroatoms. The first kappa shape index (κ1) is 8.35. The van der Waals surface area contributed by atoms with Gasteiger partial charge in [0.15, 0.2) is 0 Å². The number of hydrogen-bond acceptors (Lipinski definition) is 2. The van der Waals surface area contributed by atoms with Crippen LogP contribution in [0.3, 0.4) is 0 Å². The van der Waals surface area contributed by atoms with Crippen LogP contribution in [0.5, 0.6) is 0 Å². The van der Waals surface area contributed by atoms with Crippen molar-refractivity contribution in [2.45, 2.75) is 0 Å². The molecule has 0 aliphatic rings. The summed E-state index contributed by atoms with van der Waals surface area (Å²) in [7, 11) is 4.77. The van der Waals surface area contributed by atoms with E-state index in [9.17, 15) is 0 Å². The lowest BCUT2D eigenvalue weighted by Gasteiger charge is -2.12. The molecule has 2 N–H and O–H groups in total. The Morgan fingerprint density at radius 2 is 2.12 bits per heavy atom. The van der Waals surface area contributed by atoms with Crippen molar-refractivity contribution >= 4 is 9.24 Å². The van der Waals surface area contributed by atoms with E-state index in [1.54, 1.807) is 0 Å². The van der Waals surface area contributed by atoms with Crippen LogP contribution in [-0.4, -0.2) is 37.7 Å². The first-order valence-electron chi connectivity index (χ1n) is 2.90. The maximum atomic E-state index is 5.31. The van der Waals surface area contributed by atoms with E-state index in [2.05, 4.69) is 21.2 Å². The fourth-order valence-corrected chi connectivity index (χ4v) is 0.993. The van der Waals surface area contributed by atoms with Crippen LogP contribution in [0.2, 0.25) is 0 Å². The molecule has 0 bridgehead atoms. The third kappa shape index (κ3) is 4.51. The van der Waals surface area contributed by atoms with Crippen molar-refractivity contribution in [2.75, 3.05) is 32.8 Å². The summed E-state index contributed by atoms with van der Waals surface area (Å²) in [6.07, 6.45) is 1.14. The zero-order chi connectivity index (χ0) is 6.41. The molecule has 0 spiro atoms. The molecule has 0 aromatic rings. The Morgan fingerprint density at radius 1 is 1.50 bits per heavy atom. The van der Waals surface area contributed by atoms with Crippen molar-refractivity contribution < 1.29 is 0 Å². The summed E-state index contributed by atoms with van der Waals surface area (Å²) in [6, 6.07) is 0. The highest BCUT2D eigenvalue weighted by molar-refractivity contribution is 7.16. The molecule has 0 saturated heterocycles. The smallest absolute Gasteiger partial charge is 0.0102 e. The van der Waals surface area contributed by atoms with E-state index in [0.29, 0.717) is 0 Å². The summed E-state index contributed by atoms with van der Waals surface area (Å²) in [5, 5.41) is 0. The summed E-state index contributed by atoms with van der Waals surface area (Å²) in [5.74, 6) is 0. The van der Waals surface area contributed by atoms with Crippen LogP contribution in [0.4, 0.5) is 0 Å². The lowest BCUT2D eigenvalue weighted by atomic mass is 10.5. The molecule has 0 rings (SSSR count). The lowest BCUT2D eigenvalue weighted by Crippen LogP contribution is -2.26. The Kier molecular flexibility index (Phi) is 5.73. The van der Waals surface area contributed by atoms with E-state index in [1.807, 2.05) is 0 Å². The topological polar surface area (TPSA) is 29.3 Å². The van der Waals surface area contributed by atoms with Gasteiger partial charge in [-0.1, -0.05) is 0 Å². The molecule has 0 aliphatic carbocycles. The first-order chi connectivity index (χ1) is 3.81. The average Bonchev–Trinajstić information content (AvgIpc) is 1.68. The highest BCUT2D eigenvalue weighted by Gasteiger charge is 1.90. The molecule has 1 atom stereocenters. The predicted molar refractivity (Wildman–Crippen MR) is 41.1 cm³/mol. The van der Waals surface area contributed by atoms with E-state index >= 15 is 0 Å². The number of nitrogens with zero attached hydrogens (tertiary/aromatic N) is 1. The fourth-order valence-electron chi connectivity index (χ4n) is 0.553. The number of nitrogens with two attached hydrogens (primary N) is 1. The van der Waals surface area contributed by atoms with Crippen molar-refractivity contribution in [1.82, 2.24) is 4.90 Å². The van der Waals surface area contributed by atoms with E-state index < -0.39 is 0 Å². The molecular formula is C5H15N2P. The summed E-state index contributed by atoms with van der Waals surface area (Å²) in [6.45, 7) is 2.90. The van der Waals surface area contributed by atoms with Crippen molar-refractivity contribution in [3.63, 3.8) is 0 Å². The molecule has 0 heterocycles. The van der Waals surface area contributed by atoms with Gasteiger partial charge in [0, 0.05) is 19.6 Å². The van der Waals surface area contributed by atoms with Crippen LogP contribution in [0.15, 0.2) is 0 Å². The number of likely N-dealkylation sites (N-methyl/N-ethyl adjacent to an activating group) is 1. The van der Waals surface area contributed by atoms with Crippen molar-refractivity contribution in [1.29, 1.82) is 0 Å². The normalized spacial score (nSPS) is 10.5. The average molecular weight is 134 g/mol. The molecule has 50 valence electrons. The lowest BCUT2D eigenvalue weighted by molar-refractivity contribution is 0.366. The van der Waals surface area contributed by atoms with Gasteiger partial charge < -0.3 is 10.6 Å². The third-order valence-corrected chi connectivity index (χ3v) is 1.28. The van der Waals surface area contributed by atoms with E-state index in [0.717, 1.165) is 25.8 Å². The van der Waals surface area contributed by atoms with Gasteiger partial charge in [-0.3, -0.25) is 0 Å². The maximum Gasteiger partial charge on any atom is 0.0102 e. The molecule has 1 unspecified atom stereocenters. The summed E-state index contributed by atoms with van der Waals surface area (Å²) in [5.41, 5.74) is 5.31. The molecule has 0 aromatic heterocycles. The zero-order valence-corrected chi connectivity index (χ0v) is 6.59. The molecule has 0 radical (unpaired) electrons. The fraction of sp³-hybridized carbons (Fsp3) is 1.00. The van der Waals surface area contributed by atoms with Crippen molar-refractivity contribution in [3.8, 4) is 0 Å². The molecule has 0 aliphatic heterocycles. The highest BCUT2D eigenvalue weighted by atomic mass is 31.0. The minimum absolute atomic E-state index is 0.765. The van der Waals surface area contributed by atoms with Gasteiger partial charge in [0.25, 0.3) is 0 Å². The van der Waals surface area contributed by atoms with Crippen LogP contribution >= 0.6 is 9.24 Å². The summed E-state index contributed by atoms with van der Waals surface area (Å²) < 4.78 is 0. The highest BCUT2D eigenvalue weighted by Crippen LogP contribution is 1.83. The SMILES string of the molecule is CN(CCN)CCP. The van der Waals surface area contributed by atoms with E-state index in [-0.39, 0.29) is 0 Å². The molecule has 0 amide bonds. The number of rotatable bonds is 4. The Balaban J connectivity index is 2.92. The third-order valence-electron chi connectivity index (χ3n) is 1.02. The van der Waals surface area contributed by atoms with Crippen molar-refractivity contribution in [3.05, 3.63) is 0 Å². The minimum atomic E-state index is 0.765. The van der Waals surface area contributed by atoms with Gasteiger partial charge in [-0.2, -0.15) is 0 Å². The Hall–Kier alpha value is 0.350. The van der Waals surface area contributed by atoms with E-state index in [4.69, 9.17) is 5.73 Å². The second-order valence-corrected chi connectivity index (χ2v) is 2.46.